The standard InChI is InChI=1S/C14H20FN3OS/c1-4-7-16-13(19)10(3)17-14(20)18-11-6-5-9(2)12(15)8-11/h5-6,8,10H,4,7H2,1-3H3,(H,16,19)(H2,17,18,20)/t10-/m0/s1. The number of benzene rings is 1. The summed E-state index contributed by atoms with van der Waals surface area (Å²) in [4.78, 5) is 11.7. The molecule has 6 heteroatoms. The Kier molecular flexibility index (Phi) is 6.38. The minimum atomic E-state index is -0.447. The van der Waals surface area contributed by atoms with E-state index in [-0.39, 0.29) is 16.8 Å². The SMILES string of the molecule is CCCNC(=O)[C@H](C)NC(=S)Nc1ccc(C)c(F)c1. The van der Waals surface area contributed by atoms with Gasteiger partial charge in [-0.05, 0) is 50.2 Å². The fraction of sp³-hybridized carbons (Fsp3) is 0.429. The number of hydrogen-bond acceptors (Lipinski definition) is 2. The Morgan fingerprint density at radius 3 is 2.75 bits per heavy atom. The van der Waals surface area contributed by atoms with Gasteiger partial charge in [0.05, 0.1) is 0 Å². The molecule has 4 nitrogen and oxygen atoms in total. The normalized spacial score (nSPS) is 11.6. The van der Waals surface area contributed by atoms with Crippen LogP contribution in [0.2, 0.25) is 0 Å². The molecule has 0 radical (unpaired) electrons. The molecule has 0 aliphatic carbocycles. The maximum absolute atomic E-state index is 13.4. The van der Waals surface area contributed by atoms with Crippen molar-refractivity contribution in [2.45, 2.75) is 33.2 Å². The average Bonchev–Trinajstić information content (AvgIpc) is 2.40. The first kappa shape index (κ1) is 16.4. The molecule has 0 heterocycles. The van der Waals surface area contributed by atoms with Crippen molar-refractivity contribution in [3.05, 3.63) is 29.6 Å². The van der Waals surface area contributed by atoms with Crippen molar-refractivity contribution >= 4 is 28.9 Å². The van der Waals surface area contributed by atoms with E-state index in [2.05, 4.69) is 16.0 Å². The van der Waals surface area contributed by atoms with Crippen molar-refractivity contribution in [1.82, 2.24) is 10.6 Å². The molecule has 0 aromatic heterocycles. The van der Waals surface area contributed by atoms with Crippen molar-refractivity contribution in [3.63, 3.8) is 0 Å². The average molecular weight is 297 g/mol. The van der Waals surface area contributed by atoms with Gasteiger partial charge in [0, 0.05) is 12.2 Å². The van der Waals surface area contributed by atoms with Gasteiger partial charge in [-0.3, -0.25) is 4.79 Å². The fourth-order valence-electron chi connectivity index (χ4n) is 1.50. The van der Waals surface area contributed by atoms with E-state index in [0.717, 1.165) is 6.42 Å². The highest BCUT2D eigenvalue weighted by Crippen LogP contribution is 2.13. The Morgan fingerprint density at radius 2 is 2.15 bits per heavy atom. The number of carbonyl (C=O) groups excluding carboxylic acids is 1. The summed E-state index contributed by atoms with van der Waals surface area (Å²) < 4.78 is 13.4. The lowest BCUT2D eigenvalue weighted by atomic mass is 10.2. The number of thiocarbonyl (C=S) groups is 1. The van der Waals surface area contributed by atoms with Crippen LogP contribution >= 0.6 is 12.2 Å². The number of nitrogens with one attached hydrogen (secondary N) is 3. The minimum absolute atomic E-state index is 0.119. The third-order valence-electron chi connectivity index (χ3n) is 2.72. The third-order valence-corrected chi connectivity index (χ3v) is 2.94. The number of rotatable bonds is 5. The highest BCUT2D eigenvalue weighted by atomic mass is 32.1. The Balaban J connectivity index is 2.50. The lowest BCUT2D eigenvalue weighted by Gasteiger charge is -2.16. The summed E-state index contributed by atoms with van der Waals surface area (Å²) >= 11 is 5.10. The predicted molar refractivity (Wildman–Crippen MR) is 83.3 cm³/mol. The first-order valence-electron chi connectivity index (χ1n) is 6.55. The van der Waals surface area contributed by atoms with E-state index >= 15 is 0 Å². The van der Waals surface area contributed by atoms with E-state index in [1.807, 2.05) is 6.92 Å². The van der Waals surface area contributed by atoms with Gasteiger partial charge in [-0.25, -0.2) is 4.39 Å². The van der Waals surface area contributed by atoms with Crippen LogP contribution in [0.1, 0.15) is 25.8 Å². The summed E-state index contributed by atoms with van der Waals surface area (Å²) in [6.07, 6.45) is 0.879. The van der Waals surface area contributed by atoms with E-state index in [1.54, 1.807) is 26.0 Å². The quantitative estimate of drug-likeness (QED) is 0.730. The lowest BCUT2D eigenvalue weighted by molar-refractivity contribution is -0.122. The van der Waals surface area contributed by atoms with Gasteiger partial charge >= 0.3 is 0 Å². The van der Waals surface area contributed by atoms with Gasteiger partial charge in [0.25, 0.3) is 0 Å². The van der Waals surface area contributed by atoms with Crippen LogP contribution in [0.5, 0.6) is 0 Å². The Labute approximate surface area is 124 Å². The second kappa shape index (κ2) is 7.79. The van der Waals surface area contributed by atoms with Crippen LogP contribution in [0.15, 0.2) is 18.2 Å². The van der Waals surface area contributed by atoms with E-state index < -0.39 is 6.04 Å². The zero-order chi connectivity index (χ0) is 15.1. The van der Waals surface area contributed by atoms with E-state index in [0.29, 0.717) is 17.8 Å². The van der Waals surface area contributed by atoms with Crippen molar-refractivity contribution in [1.29, 1.82) is 0 Å². The molecular weight excluding hydrogens is 277 g/mol. The number of aryl methyl sites for hydroxylation is 1. The zero-order valence-electron chi connectivity index (χ0n) is 11.9. The maximum Gasteiger partial charge on any atom is 0.242 e. The number of halogens is 1. The molecule has 1 aromatic carbocycles. The first-order valence-corrected chi connectivity index (χ1v) is 6.96. The van der Waals surface area contributed by atoms with Gasteiger partial charge in [0.2, 0.25) is 5.91 Å². The number of amides is 1. The van der Waals surface area contributed by atoms with Crippen molar-refractivity contribution in [3.8, 4) is 0 Å². The monoisotopic (exact) mass is 297 g/mol. The number of hydrogen-bond donors (Lipinski definition) is 3. The molecule has 1 rings (SSSR count). The van der Waals surface area contributed by atoms with Gasteiger partial charge in [-0.1, -0.05) is 13.0 Å². The largest absolute Gasteiger partial charge is 0.354 e. The Morgan fingerprint density at radius 1 is 1.45 bits per heavy atom. The van der Waals surface area contributed by atoms with Crippen molar-refractivity contribution in [2.75, 3.05) is 11.9 Å². The number of carbonyl (C=O) groups is 1. The van der Waals surface area contributed by atoms with Gasteiger partial charge in [0.15, 0.2) is 5.11 Å². The van der Waals surface area contributed by atoms with Crippen molar-refractivity contribution < 1.29 is 9.18 Å². The second-order valence-electron chi connectivity index (χ2n) is 4.58. The maximum atomic E-state index is 13.4. The molecule has 1 aromatic rings. The molecular formula is C14H20FN3OS. The van der Waals surface area contributed by atoms with Crippen molar-refractivity contribution in [2.24, 2.45) is 0 Å². The molecule has 1 amide bonds. The molecule has 0 bridgehead atoms. The van der Waals surface area contributed by atoms with Gasteiger partial charge in [-0.2, -0.15) is 0 Å². The molecule has 0 saturated carbocycles. The summed E-state index contributed by atoms with van der Waals surface area (Å²) in [7, 11) is 0. The van der Waals surface area contributed by atoms with E-state index in [9.17, 15) is 9.18 Å². The predicted octanol–water partition coefficient (Wildman–Crippen LogP) is 2.34. The second-order valence-corrected chi connectivity index (χ2v) is 4.98. The van der Waals surface area contributed by atoms with Crippen LogP contribution in [0.25, 0.3) is 0 Å². The first-order chi connectivity index (χ1) is 9.43. The van der Waals surface area contributed by atoms with Crippen LogP contribution in [0.3, 0.4) is 0 Å². The van der Waals surface area contributed by atoms with Crippen LogP contribution < -0.4 is 16.0 Å². The summed E-state index contributed by atoms with van der Waals surface area (Å²) in [6, 6.07) is 4.31. The molecule has 0 aliphatic rings. The molecule has 0 spiro atoms. The molecule has 0 aliphatic heterocycles. The van der Waals surface area contributed by atoms with Crippen LogP contribution in [-0.2, 0) is 4.79 Å². The summed E-state index contributed by atoms with van der Waals surface area (Å²) in [5.41, 5.74) is 1.12. The van der Waals surface area contributed by atoms with Crippen LogP contribution in [0, 0.1) is 12.7 Å². The molecule has 0 unspecified atom stereocenters. The molecule has 20 heavy (non-hydrogen) atoms. The lowest BCUT2D eigenvalue weighted by Crippen LogP contribution is -2.46. The molecule has 110 valence electrons. The topological polar surface area (TPSA) is 53.2 Å². The van der Waals surface area contributed by atoms with Crippen LogP contribution in [-0.4, -0.2) is 23.6 Å². The van der Waals surface area contributed by atoms with Gasteiger partial charge in [-0.15, -0.1) is 0 Å². The fourth-order valence-corrected chi connectivity index (χ4v) is 1.80. The van der Waals surface area contributed by atoms with E-state index in [1.165, 1.54) is 6.07 Å². The molecule has 3 N–H and O–H groups in total. The Bertz CT molecular complexity index is 493. The highest BCUT2D eigenvalue weighted by Gasteiger charge is 2.13. The smallest absolute Gasteiger partial charge is 0.242 e. The summed E-state index contributed by atoms with van der Waals surface area (Å²) in [5.74, 6) is -0.419. The van der Waals surface area contributed by atoms with E-state index in [4.69, 9.17) is 12.2 Å². The molecule has 0 saturated heterocycles. The Hall–Kier alpha value is -1.69. The molecule has 1 atom stereocenters. The van der Waals surface area contributed by atoms with Crippen LogP contribution in [0.4, 0.5) is 10.1 Å². The third kappa shape index (κ3) is 5.13. The molecule has 0 fully saturated rings. The zero-order valence-corrected chi connectivity index (χ0v) is 12.7. The van der Waals surface area contributed by atoms with Gasteiger partial charge in [0.1, 0.15) is 11.9 Å². The summed E-state index contributed by atoms with van der Waals surface area (Å²) in [5, 5.41) is 8.76. The minimum Gasteiger partial charge on any atom is -0.354 e. The number of anilines is 1. The highest BCUT2D eigenvalue weighted by molar-refractivity contribution is 7.80. The van der Waals surface area contributed by atoms with Gasteiger partial charge < -0.3 is 16.0 Å². The summed E-state index contributed by atoms with van der Waals surface area (Å²) in [6.45, 7) is 6.02.